The number of hydrogen-bond donors (Lipinski definition) is 2. The van der Waals surface area contributed by atoms with Crippen LogP contribution in [0.25, 0.3) is 0 Å². The van der Waals surface area contributed by atoms with Crippen LogP contribution in [0.2, 0.25) is 0 Å². The normalized spacial score (nSPS) is 28.0. The molecule has 0 aromatic rings. The summed E-state index contributed by atoms with van der Waals surface area (Å²) in [7, 11) is 1.31. The number of esters is 1. The third-order valence-corrected chi connectivity index (χ3v) is 2.15. The lowest BCUT2D eigenvalue weighted by molar-refractivity contribution is -0.145. The van der Waals surface area contributed by atoms with Gasteiger partial charge in [-0.1, -0.05) is 0 Å². The molecule has 2 N–H and O–H groups in total. The van der Waals surface area contributed by atoms with E-state index in [0.29, 0.717) is 13.1 Å². The number of amides is 1. The molecule has 0 aromatic heterocycles. The minimum absolute atomic E-state index is 0.0648. The van der Waals surface area contributed by atoms with Crippen LogP contribution in [-0.4, -0.2) is 37.6 Å². The minimum Gasteiger partial charge on any atom is -0.469 e. The third kappa shape index (κ3) is 2.18. The molecule has 1 atom stereocenters. The Balaban J connectivity index is 2.62. The van der Waals surface area contributed by atoms with E-state index >= 15 is 0 Å². The number of piperazine rings is 1. The first-order valence-corrected chi connectivity index (χ1v) is 4.18. The summed E-state index contributed by atoms with van der Waals surface area (Å²) in [5.74, 6) is -0.531. The number of methoxy groups -OCH3 is 1. The molecular formula is C8H14N2O3. The van der Waals surface area contributed by atoms with Gasteiger partial charge in [0, 0.05) is 13.1 Å². The van der Waals surface area contributed by atoms with E-state index in [2.05, 4.69) is 15.4 Å². The molecule has 1 fully saturated rings. The molecule has 0 bridgehead atoms. The Hall–Kier alpha value is -1.10. The van der Waals surface area contributed by atoms with Crippen molar-refractivity contribution in [2.75, 3.05) is 20.2 Å². The fourth-order valence-electron chi connectivity index (χ4n) is 1.29. The first-order valence-electron chi connectivity index (χ1n) is 4.18. The first-order chi connectivity index (χ1) is 6.08. The van der Waals surface area contributed by atoms with Crippen molar-refractivity contribution in [1.82, 2.24) is 10.6 Å². The summed E-state index contributed by atoms with van der Waals surface area (Å²) < 4.78 is 4.51. The van der Waals surface area contributed by atoms with Gasteiger partial charge in [0.25, 0.3) is 0 Å². The number of hydrogen-bond acceptors (Lipinski definition) is 4. The van der Waals surface area contributed by atoms with Gasteiger partial charge in [-0.05, 0) is 6.92 Å². The Labute approximate surface area is 76.8 Å². The molecule has 74 valence electrons. The van der Waals surface area contributed by atoms with Gasteiger partial charge >= 0.3 is 5.97 Å². The van der Waals surface area contributed by atoms with Gasteiger partial charge in [-0.3, -0.25) is 9.59 Å². The van der Waals surface area contributed by atoms with Crippen LogP contribution in [-0.2, 0) is 14.3 Å². The number of carbonyl (C=O) groups excluding carboxylic acids is 2. The highest BCUT2D eigenvalue weighted by Gasteiger charge is 2.37. The predicted octanol–water partition coefficient (Wildman–Crippen LogP) is -0.972. The molecule has 0 saturated carbocycles. The zero-order chi connectivity index (χ0) is 9.90. The van der Waals surface area contributed by atoms with Gasteiger partial charge in [0.05, 0.1) is 13.5 Å². The number of nitrogens with one attached hydrogen (secondary N) is 2. The van der Waals surface area contributed by atoms with Gasteiger partial charge in [0.2, 0.25) is 5.91 Å². The van der Waals surface area contributed by atoms with Crippen molar-refractivity contribution in [1.29, 1.82) is 0 Å². The Morgan fingerprint density at radius 1 is 1.62 bits per heavy atom. The average Bonchev–Trinajstić information content (AvgIpc) is 2.10. The van der Waals surface area contributed by atoms with E-state index in [1.54, 1.807) is 6.92 Å². The number of rotatable bonds is 2. The van der Waals surface area contributed by atoms with Gasteiger partial charge in [0.1, 0.15) is 5.54 Å². The predicted molar refractivity (Wildman–Crippen MR) is 46.1 cm³/mol. The molecule has 1 amide bonds. The molecule has 0 spiro atoms. The number of carbonyl (C=O) groups is 2. The summed E-state index contributed by atoms with van der Waals surface area (Å²) in [5, 5.41) is 5.69. The van der Waals surface area contributed by atoms with Gasteiger partial charge in [-0.15, -0.1) is 0 Å². The number of ether oxygens (including phenoxy) is 1. The summed E-state index contributed by atoms with van der Waals surface area (Å²) in [6.07, 6.45) is 0.0648. The molecule has 5 nitrogen and oxygen atoms in total. The monoisotopic (exact) mass is 186 g/mol. The van der Waals surface area contributed by atoms with Crippen molar-refractivity contribution in [3.05, 3.63) is 0 Å². The fourth-order valence-corrected chi connectivity index (χ4v) is 1.29. The maximum absolute atomic E-state index is 11.4. The molecule has 1 aliphatic rings. The van der Waals surface area contributed by atoms with Crippen molar-refractivity contribution in [3.63, 3.8) is 0 Å². The van der Waals surface area contributed by atoms with Crippen molar-refractivity contribution >= 4 is 11.9 Å². The fraction of sp³-hybridized carbons (Fsp3) is 0.750. The van der Waals surface area contributed by atoms with Gasteiger partial charge in [-0.2, -0.15) is 0 Å². The topological polar surface area (TPSA) is 67.4 Å². The second kappa shape index (κ2) is 3.74. The second-order valence-electron chi connectivity index (χ2n) is 3.27. The summed E-state index contributed by atoms with van der Waals surface area (Å²) >= 11 is 0. The Kier molecular flexibility index (Phi) is 2.87. The molecule has 1 saturated heterocycles. The molecule has 0 radical (unpaired) electrons. The summed E-state index contributed by atoms with van der Waals surface area (Å²) in [4.78, 5) is 22.4. The molecule has 1 aliphatic heterocycles. The quantitative estimate of drug-likeness (QED) is 0.544. The van der Waals surface area contributed by atoms with Crippen molar-refractivity contribution in [2.24, 2.45) is 0 Å². The Morgan fingerprint density at radius 2 is 2.31 bits per heavy atom. The van der Waals surface area contributed by atoms with Crippen molar-refractivity contribution < 1.29 is 14.3 Å². The van der Waals surface area contributed by atoms with Crippen molar-refractivity contribution in [2.45, 2.75) is 18.9 Å². The lowest BCUT2D eigenvalue weighted by atomic mass is 9.95. The maximum Gasteiger partial charge on any atom is 0.307 e. The molecule has 0 aliphatic carbocycles. The zero-order valence-electron chi connectivity index (χ0n) is 7.85. The van der Waals surface area contributed by atoms with E-state index in [0.717, 1.165) is 0 Å². The van der Waals surface area contributed by atoms with E-state index in [4.69, 9.17) is 0 Å². The Morgan fingerprint density at radius 3 is 2.85 bits per heavy atom. The average molecular weight is 186 g/mol. The van der Waals surface area contributed by atoms with Crippen LogP contribution >= 0.6 is 0 Å². The lowest BCUT2D eigenvalue weighted by Gasteiger charge is -2.32. The Bertz CT molecular complexity index is 229. The SMILES string of the molecule is COC(=O)C[C@]1(C)NCCNC1=O. The third-order valence-electron chi connectivity index (χ3n) is 2.15. The summed E-state index contributed by atoms with van der Waals surface area (Å²) in [5.41, 5.74) is -0.814. The van der Waals surface area contributed by atoms with E-state index in [1.807, 2.05) is 0 Å². The van der Waals surface area contributed by atoms with Crippen LogP contribution in [0.1, 0.15) is 13.3 Å². The zero-order valence-corrected chi connectivity index (χ0v) is 7.85. The molecule has 5 heteroatoms. The van der Waals surface area contributed by atoms with E-state index in [-0.39, 0.29) is 18.3 Å². The molecule has 1 rings (SSSR count). The molecule has 0 aromatic carbocycles. The van der Waals surface area contributed by atoms with Crippen LogP contribution in [0.15, 0.2) is 0 Å². The van der Waals surface area contributed by atoms with E-state index in [1.165, 1.54) is 7.11 Å². The van der Waals surface area contributed by atoms with Gasteiger partial charge in [-0.25, -0.2) is 0 Å². The summed E-state index contributed by atoms with van der Waals surface area (Å²) in [6.45, 7) is 2.98. The van der Waals surface area contributed by atoms with Crippen molar-refractivity contribution in [3.8, 4) is 0 Å². The highest BCUT2D eigenvalue weighted by molar-refractivity contribution is 5.91. The highest BCUT2D eigenvalue weighted by atomic mass is 16.5. The summed E-state index contributed by atoms with van der Waals surface area (Å²) in [6, 6.07) is 0. The van der Waals surface area contributed by atoms with Crippen LogP contribution in [0, 0.1) is 0 Å². The molecule has 13 heavy (non-hydrogen) atoms. The highest BCUT2D eigenvalue weighted by Crippen LogP contribution is 2.12. The minimum atomic E-state index is -0.814. The molecule has 1 heterocycles. The van der Waals surface area contributed by atoms with E-state index < -0.39 is 5.54 Å². The maximum atomic E-state index is 11.4. The van der Waals surface area contributed by atoms with Gasteiger partial charge in [0.15, 0.2) is 0 Å². The second-order valence-corrected chi connectivity index (χ2v) is 3.27. The largest absolute Gasteiger partial charge is 0.469 e. The smallest absolute Gasteiger partial charge is 0.307 e. The van der Waals surface area contributed by atoms with Crippen LogP contribution in [0.5, 0.6) is 0 Å². The van der Waals surface area contributed by atoms with Gasteiger partial charge < -0.3 is 15.4 Å². The standard InChI is InChI=1S/C8H14N2O3/c1-8(5-6(11)13-2)7(12)9-3-4-10-8/h10H,3-5H2,1-2H3,(H,9,12)/t8-/m0/s1. The lowest BCUT2D eigenvalue weighted by Crippen LogP contribution is -2.62. The molecular weight excluding hydrogens is 172 g/mol. The van der Waals surface area contributed by atoms with Crippen LogP contribution < -0.4 is 10.6 Å². The van der Waals surface area contributed by atoms with E-state index in [9.17, 15) is 9.59 Å². The van der Waals surface area contributed by atoms with Crippen LogP contribution in [0.3, 0.4) is 0 Å². The first kappa shape index (κ1) is 9.98. The van der Waals surface area contributed by atoms with Crippen LogP contribution in [0.4, 0.5) is 0 Å². The molecule has 0 unspecified atom stereocenters.